The Labute approximate surface area is 215 Å². The lowest BCUT2D eigenvalue weighted by atomic mass is 9.16. The molecule has 0 heterocycles. The first-order valence-electron chi connectivity index (χ1n) is 10.1. The quantitative estimate of drug-likeness (QED) is 0.241. The molecule has 6 atom stereocenters. The van der Waals surface area contributed by atoms with E-state index in [4.69, 9.17) is 0 Å². The molecular weight excluding hydrogens is 698 g/mol. The lowest BCUT2D eigenvalue weighted by molar-refractivity contribution is -0.678. The van der Waals surface area contributed by atoms with Gasteiger partial charge in [0, 0.05) is 0 Å². The molecule has 0 aromatic heterocycles. The van der Waals surface area contributed by atoms with Gasteiger partial charge in [-0.2, -0.15) is 96.6 Å². The van der Waals surface area contributed by atoms with Crippen LogP contribution in [-0.2, 0) is 0 Å². The van der Waals surface area contributed by atoms with Crippen molar-refractivity contribution < 1.29 is 114 Å². The number of alkyl halides is 26. The molecule has 252 valence electrons. The first-order valence-corrected chi connectivity index (χ1v) is 10.1. The third kappa shape index (κ3) is 2.12. The molecule has 26 heteroatoms. The van der Waals surface area contributed by atoms with Crippen LogP contribution >= 0.6 is 0 Å². The summed E-state index contributed by atoms with van der Waals surface area (Å²) < 4.78 is 376. The minimum absolute atomic E-state index is 5.61. The summed E-state index contributed by atoms with van der Waals surface area (Å²) in [6.07, 6.45) is -21.9. The number of fused-ring (bicyclic) bond motifs is 6. The van der Waals surface area contributed by atoms with Crippen LogP contribution in [0.4, 0.5) is 114 Å². The Hall–Kier alpha value is -1.82. The van der Waals surface area contributed by atoms with Crippen LogP contribution in [0.1, 0.15) is 6.42 Å². The van der Waals surface area contributed by atoms with Gasteiger partial charge in [0.2, 0.25) is 22.4 Å². The zero-order valence-electron chi connectivity index (χ0n) is 18.5. The van der Waals surface area contributed by atoms with Crippen LogP contribution in [0, 0.1) is 10.8 Å². The number of halogens is 26. The fourth-order valence-corrected chi connectivity index (χ4v) is 7.26. The van der Waals surface area contributed by atoms with E-state index in [1.807, 2.05) is 0 Å². The van der Waals surface area contributed by atoms with Gasteiger partial charge in [0.15, 0.2) is 0 Å². The molecule has 0 aromatic carbocycles. The number of hydrogen-bond donors (Lipinski definition) is 0. The Morgan fingerprint density at radius 3 is 0.860 bits per heavy atom. The van der Waals surface area contributed by atoms with Crippen molar-refractivity contribution in [1.82, 2.24) is 0 Å². The van der Waals surface area contributed by atoms with E-state index in [9.17, 15) is 96.6 Å². The normalized spacial score (nSPS) is 49.0. The average molecular weight is 700 g/mol. The van der Waals surface area contributed by atoms with E-state index in [1.54, 1.807) is 0 Å². The summed E-state index contributed by atoms with van der Waals surface area (Å²) in [6, 6.07) is 0. The molecule has 0 amide bonds. The van der Waals surface area contributed by atoms with Crippen molar-refractivity contribution in [2.75, 3.05) is 0 Å². The average Bonchev–Trinajstić information content (AvgIpc) is 2.76. The molecule has 0 bridgehead atoms. The van der Waals surface area contributed by atoms with E-state index >= 15 is 17.6 Å². The lowest BCUT2D eigenvalue weighted by Gasteiger charge is -2.87. The molecule has 0 radical (unpaired) electrons. The van der Waals surface area contributed by atoms with Crippen LogP contribution in [0.25, 0.3) is 0 Å². The first-order chi connectivity index (χ1) is 18.2. The number of rotatable bonds is 1. The Bertz CT molecular complexity index is 1270. The van der Waals surface area contributed by atoms with Crippen molar-refractivity contribution >= 4 is 0 Å². The maximum Gasteiger partial charge on any atom is 0.407 e. The van der Waals surface area contributed by atoms with Gasteiger partial charge in [-0.25, -0.2) is 17.6 Å². The molecule has 0 saturated heterocycles. The molecule has 0 aliphatic heterocycles. The second-order valence-corrected chi connectivity index (χ2v) is 10.2. The van der Waals surface area contributed by atoms with Crippen LogP contribution in [0.3, 0.4) is 0 Å². The molecule has 4 fully saturated rings. The Morgan fingerprint density at radius 2 is 0.558 bits per heavy atom. The van der Waals surface area contributed by atoms with Gasteiger partial charge < -0.3 is 0 Å². The zero-order chi connectivity index (χ0) is 34.7. The Kier molecular flexibility index (Phi) is 5.39. The van der Waals surface area contributed by atoms with Crippen LogP contribution in [-0.4, -0.2) is 82.4 Å². The van der Waals surface area contributed by atoms with Gasteiger partial charge in [-0.1, -0.05) is 0 Å². The SMILES string of the molecule is FC(F)(F)C[C@@]12[C@@]3(F)C(F)(F)C(F)(F)C(F)(F)C(F)(F)[C@]3(F)C(F)(F)C(F)(F)[C@@]1(F)[C@@]1(C(F)(F)F)C(F)(F)C(F)(F)[C@@]12F. The summed E-state index contributed by atoms with van der Waals surface area (Å²) >= 11 is 0. The van der Waals surface area contributed by atoms with Gasteiger partial charge >= 0.3 is 59.7 Å². The summed E-state index contributed by atoms with van der Waals surface area (Å²) in [4.78, 5) is 0. The van der Waals surface area contributed by atoms with Crippen molar-refractivity contribution in [3.05, 3.63) is 0 Å². The molecule has 43 heavy (non-hydrogen) atoms. The molecule has 0 aromatic rings. The van der Waals surface area contributed by atoms with Crippen molar-refractivity contribution in [2.45, 2.75) is 88.8 Å². The fourth-order valence-electron chi connectivity index (χ4n) is 7.26. The highest BCUT2D eigenvalue weighted by Crippen LogP contribution is 3.02. The monoisotopic (exact) mass is 700 g/mol. The summed E-state index contributed by atoms with van der Waals surface area (Å²) in [5, 5.41) is 0. The van der Waals surface area contributed by atoms with Gasteiger partial charge in [-0.05, 0) is 0 Å². The molecular formula is C17H2F26. The van der Waals surface area contributed by atoms with E-state index in [0.29, 0.717) is 0 Å². The fraction of sp³-hybridized carbons (Fsp3) is 1.00. The summed E-state index contributed by atoms with van der Waals surface area (Å²) in [5.41, 5.74) is -53.4. The lowest BCUT2D eigenvalue weighted by Crippen LogP contribution is -3.16. The molecule has 0 N–H and O–H groups in total. The highest BCUT2D eigenvalue weighted by Gasteiger charge is 3.30. The number of hydrogen-bond acceptors (Lipinski definition) is 0. The summed E-state index contributed by atoms with van der Waals surface area (Å²) in [6.45, 7) is 0. The van der Waals surface area contributed by atoms with Gasteiger partial charge in [0.1, 0.15) is 5.41 Å². The Morgan fingerprint density at radius 1 is 0.302 bits per heavy atom. The minimum atomic E-state index is -9.46. The molecule has 4 aliphatic carbocycles. The molecule has 0 nitrogen and oxygen atoms in total. The van der Waals surface area contributed by atoms with Gasteiger partial charge in [0.25, 0.3) is 5.67 Å². The zero-order valence-corrected chi connectivity index (χ0v) is 18.5. The molecule has 4 rings (SSSR count). The van der Waals surface area contributed by atoms with Crippen molar-refractivity contribution in [3.8, 4) is 0 Å². The van der Waals surface area contributed by atoms with E-state index in [-0.39, 0.29) is 0 Å². The molecule has 0 unspecified atom stereocenters. The summed E-state index contributed by atoms with van der Waals surface area (Å²) in [5.74, 6) is -71.2. The van der Waals surface area contributed by atoms with Crippen LogP contribution < -0.4 is 0 Å². The van der Waals surface area contributed by atoms with Crippen LogP contribution in [0.15, 0.2) is 0 Å². The Balaban J connectivity index is 2.48. The van der Waals surface area contributed by atoms with Crippen LogP contribution in [0.5, 0.6) is 0 Å². The molecule has 4 saturated carbocycles. The van der Waals surface area contributed by atoms with Gasteiger partial charge in [-0.3, -0.25) is 0 Å². The predicted octanol–water partition coefficient (Wildman–Crippen LogP) is 8.44. The highest BCUT2D eigenvalue weighted by molar-refractivity contribution is 5.62. The third-order valence-electron chi connectivity index (χ3n) is 8.77. The van der Waals surface area contributed by atoms with Crippen molar-refractivity contribution in [2.24, 2.45) is 10.8 Å². The maximum absolute atomic E-state index is 16.2. The smallest absolute Gasteiger partial charge is 0.235 e. The minimum Gasteiger partial charge on any atom is -0.235 e. The van der Waals surface area contributed by atoms with Crippen LogP contribution in [0.2, 0.25) is 0 Å². The highest BCUT2D eigenvalue weighted by atomic mass is 19.4. The maximum atomic E-state index is 16.2. The van der Waals surface area contributed by atoms with Crippen molar-refractivity contribution in [1.29, 1.82) is 0 Å². The van der Waals surface area contributed by atoms with Gasteiger partial charge in [0.05, 0.1) is 6.42 Å². The first kappa shape index (κ1) is 34.1. The standard InChI is InChI=1S/C17H2F26/c18-3(19,20)1-2-5(21)4(17(41,42)43,9(25,26)10(5,27)28)6(2,22)11(29,30)13(33,34)8(24)7(2,23)12(31,32)15(37,38)16(39,40)14(8,35)36/h1H2/t2-,4+,5-,6-,7-,8+/m0/s1. The van der Waals surface area contributed by atoms with E-state index in [0.717, 1.165) is 0 Å². The second-order valence-electron chi connectivity index (χ2n) is 10.2. The second kappa shape index (κ2) is 6.81. The van der Waals surface area contributed by atoms with E-state index < -0.39 is 99.7 Å². The molecule has 0 spiro atoms. The largest absolute Gasteiger partial charge is 0.407 e. The topological polar surface area (TPSA) is 0 Å². The van der Waals surface area contributed by atoms with E-state index in [1.165, 1.54) is 0 Å². The molecule has 4 aliphatic rings. The van der Waals surface area contributed by atoms with E-state index in [2.05, 4.69) is 0 Å². The van der Waals surface area contributed by atoms with Gasteiger partial charge in [-0.15, -0.1) is 0 Å². The third-order valence-corrected chi connectivity index (χ3v) is 8.77. The predicted molar refractivity (Wildman–Crippen MR) is 76.5 cm³/mol. The summed E-state index contributed by atoms with van der Waals surface area (Å²) in [7, 11) is 0. The van der Waals surface area contributed by atoms with Crippen molar-refractivity contribution in [3.63, 3.8) is 0 Å².